The molecule has 1 atom stereocenters. The zero-order valence-corrected chi connectivity index (χ0v) is 14.2. The van der Waals surface area contributed by atoms with Gasteiger partial charge in [0.15, 0.2) is 0 Å². The van der Waals surface area contributed by atoms with E-state index in [1.54, 1.807) is 16.7 Å². The fourth-order valence-electron chi connectivity index (χ4n) is 2.56. The molecule has 0 spiro atoms. The van der Waals surface area contributed by atoms with Crippen LogP contribution in [0.4, 0.5) is 0 Å². The summed E-state index contributed by atoms with van der Waals surface area (Å²) < 4.78 is 1.80. The molecule has 2 aromatic rings. The minimum absolute atomic E-state index is 0. The quantitative estimate of drug-likeness (QED) is 0.503. The molecular weight excluding hydrogens is 285 g/mol. The smallest absolute Gasteiger partial charge is 0.549 e. The summed E-state index contributed by atoms with van der Waals surface area (Å²) in [6.07, 6.45) is 0.502. The molecule has 6 heteroatoms. The Morgan fingerprint density at radius 3 is 2.65 bits per heavy atom. The number of aryl methyl sites for hydroxylation is 1. The van der Waals surface area contributed by atoms with Crippen molar-refractivity contribution >= 4 is 23.1 Å². The van der Waals surface area contributed by atoms with Crippen molar-refractivity contribution in [2.24, 2.45) is 0 Å². The number of rotatable bonds is 3. The number of thiophene rings is 1. The Kier molecular flexibility index (Phi) is 4.54. The minimum atomic E-state index is -1.07. The van der Waals surface area contributed by atoms with Crippen molar-refractivity contribution in [3.8, 4) is 0 Å². The summed E-state index contributed by atoms with van der Waals surface area (Å²) in [4.78, 5) is 25.2. The van der Waals surface area contributed by atoms with E-state index in [4.69, 9.17) is 0 Å². The number of hydrogen-bond acceptors (Lipinski definition) is 4. The van der Waals surface area contributed by atoms with Gasteiger partial charge in [-0.25, -0.2) is 0 Å². The fraction of sp³-hybridized carbons (Fsp3) is 0.286. The molecule has 0 fully saturated rings. The standard InChI is InChI=1S/C14H13NO3S.Na/c1-8-2-5-12(19-8)13(16)11-4-3-10-9(14(17)18)6-7-15(10)11;/h2-5,9H,6-7H2,1H3,(H,17,18);/q;+1/p-1. The van der Waals surface area contributed by atoms with Crippen molar-refractivity contribution in [2.75, 3.05) is 0 Å². The number of ketones is 1. The van der Waals surface area contributed by atoms with E-state index in [1.165, 1.54) is 11.3 Å². The number of hydrogen-bond donors (Lipinski definition) is 0. The van der Waals surface area contributed by atoms with Crippen LogP contribution in [0.3, 0.4) is 0 Å². The SMILES string of the molecule is Cc1ccc(C(=O)c2ccc3n2CCC3C(=O)[O-])s1.[Na+]. The van der Waals surface area contributed by atoms with Gasteiger partial charge in [-0.3, -0.25) is 4.79 Å². The first-order valence-electron chi connectivity index (χ1n) is 6.09. The van der Waals surface area contributed by atoms with Gasteiger partial charge < -0.3 is 14.5 Å². The summed E-state index contributed by atoms with van der Waals surface area (Å²) in [6, 6.07) is 7.16. The van der Waals surface area contributed by atoms with E-state index in [0.717, 1.165) is 4.88 Å². The summed E-state index contributed by atoms with van der Waals surface area (Å²) in [6.45, 7) is 2.52. The third-order valence-electron chi connectivity index (χ3n) is 3.49. The van der Waals surface area contributed by atoms with E-state index in [1.807, 2.05) is 19.1 Å². The zero-order valence-electron chi connectivity index (χ0n) is 11.4. The molecule has 0 saturated carbocycles. The average molecular weight is 297 g/mol. The molecule has 20 heavy (non-hydrogen) atoms. The topological polar surface area (TPSA) is 62.1 Å². The molecule has 3 rings (SSSR count). The Hall–Kier alpha value is -0.880. The third-order valence-corrected chi connectivity index (χ3v) is 4.49. The summed E-state index contributed by atoms with van der Waals surface area (Å²) in [5.74, 6) is -1.70. The van der Waals surface area contributed by atoms with Crippen LogP contribution in [0.25, 0.3) is 0 Å². The molecule has 1 aliphatic heterocycles. The molecule has 4 nitrogen and oxygen atoms in total. The zero-order chi connectivity index (χ0) is 13.6. The van der Waals surface area contributed by atoms with E-state index in [0.29, 0.717) is 29.2 Å². The Morgan fingerprint density at radius 1 is 1.30 bits per heavy atom. The first-order valence-corrected chi connectivity index (χ1v) is 6.91. The number of fused-ring (bicyclic) bond motifs is 1. The molecule has 0 saturated heterocycles. The van der Waals surface area contributed by atoms with Gasteiger partial charge in [0, 0.05) is 23.0 Å². The Labute approximate surface area is 142 Å². The van der Waals surface area contributed by atoms with Crippen LogP contribution in [-0.4, -0.2) is 16.3 Å². The molecule has 0 aliphatic carbocycles. The summed E-state index contributed by atoms with van der Waals surface area (Å²) >= 11 is 1.46. The molecular formula is C14H12NNaO3S. The maximum atomic E-state index is 12.4. The van der Waals surface area contributed by atoms with Gasteiger partial charge in [-0.1, -0.05) is 0 Å². The number of carbonyl (C=O) groups is 2. The summed E-state index contributed by atoms with van der Waals surface area (Å²) in [5, 5.41) is 11.0. The Bertz CT molecular complexity index is 674. The fourth-order valence-corrected chi connectivity index (χ4v) is 3.38. The van der Waals surface area contributed by atoms with Crippen molar-refractivity contribution in [2.45, 2.75) is 25.8 Å². The first kappa shape index (κ1) is 15.5. The first-order chi connectivity index (χ1) is 9.08. The van der Waals surface area contributed by atoms with Gasteiger partial charge >= 0.3 is 29.6 Å². The van der Waals surface area contributed by atoms with Crippen LogP contribution in [0, 0.1) is 6.92 Å². The maximum Gasteiger partial charge on any atom is 1.00 e. The molecule has 0 bridgehead atoms. The van der Waals surface area contributed by atoms with Crippen LogP contribution >= 0.6 is 11.3 Å². The third kappa shape index (κ3) is 2.51. The van der Waals surface area contributed by atoms with Crippen molar-refractivity contribution in [1.29, 1.82) is 0 Å². The van der Waals surface area contributed by atoms with Gasteiger partial charge in [0.1, 0.15) is 0 Å². The second kappa shape index (κ2) is 5.85. The second-order valence-electron chi connectivity index (χ2n) is 4.69. The van der Waals surface area contributed by atoms with Crippen LogP contribution in [0.2, 0.25) is 0 Å². The van der Waals surface area contributed by atoms with E-state index in [2.05, 4.69) is 0 Å². The average Bonchev–Trinajstić information content (AvgIpc) is 3.01. The number of carboxylic acid groups (broad SMARTS) is 1. The van der Waals surface area contributed by atoms with E-state index in [9.17, 15) is 14.7 Å². The van der Waals surface area contributed by atoms with Gasteiger partial charge in [0.25, 0.3) is 0 Å². The van der Waals surface area contributed by atoms with Crippen LogP contribution in [0.1, 0.15) is 38.3 Å². The van der Waals surface area contributed by atoms with Crippen LogP contribution < -0.4 is 34.7 Å². The van der Waals surface area contributed by atoms with Gasteiger partial charge in [0.05, 0.1) is 16.5 Å². The molecule has 2 aromatic heterocycles. The van der Waals surface area contributed by atoms with Gasteiger partial charge in [-0.15, -0.1) is 11.3 Å². The van der Waals surface area contributed by atoms with Crippen LogP contribution in [0.15, 0.2) is 24.3 Å². The number of carboxylic acids is 1. The number of carbonyl (C=O) groups excluding carboxylic acids is 2. The van der Waals surface area contributed by atoms with Crippen LogP contribution in [-0.2, 0) is 11.3 Å². The molecule has 98 valence electrons. The van der Waals surface area contributed by atoms with Crippen LogP contribution in [0.5, 0.6) is 0 Å². The normalized spacial score (nSPS) is 16.6. The largest absolute Gasteiger partial charge is 1.00 e. The van der Waals surface area contributed by atoms with Gasteiger partial charge in [-0.05, 0) is 37.6 Å². The monoisotopic (exact) mass is 297 g/mol. The van der Waals surface area contributed by atoms with Crippen molar-refractivity contribution in [3.63, 3.8) is 0 Å². The molecule has 1 unspecified atom stereocenters. The predicted octanol–water partition coefficient (Wildman–Crippen LogP) is -1.67. The van der Waals surface area contributed by atoms with E-state index >= 15 is 0 Å². The van der Waals surface area contributed by atoms with E-state index < -0.39 is 11.9 Å². The maximum absolute atomic E-state index is 12.4. The summed E-state index contributed by atoms with van der Waals surface area (Å²) in [7, 11) is 0. The molecule has 0 amide bonds. The van der Waals surface area contributed by atoms with Crippen molar-refractivity contribution < 1.29 is 44.3 Å². The van der Waals surface area contributed by atoms with E-state index in [-0.39, 0.29) is 35.3 Å². The number of nitrogens with zero attached hydrogens (tertiary/aromatic N) is 1. The van der Waals surface area contributed by atoms with Crippen molar-refractivity contribution in [1.82, 2.24) is 4.57 Å². The second-order valence-corrected chi connectivity index (χ2v) is 5.98. The molecule has 0 radical (unpaired) electrons. The number of aromatic nitrogens is 1. The minimum Gasteiger partial charge on any atom is -0.549 e. The number of aliphatic carboxylic acids is 1. The molecule has 0 aromatic carbocycles. The Morgan fingerprint density at radius 2 is 2.05 bits per heavy atom. The summed E-state index contributed by atoms with van der Waals surface area (Å²) in [5.41, 5.74) is 1.25. The van der Waals surface area contributed by atoms with Crippen molar-refractivity contribution in [3.05, 3.63) is 45.4 Å². The molecule has 0 N–H and O–H groups in total. The molecule has 3 heterocycles. The van der Waals surface area contributed by atoms with Gasteiger partial charge in [-0.2, -0.15) is 0 Å². The molecule has 1 aliphatic rings. The Balaban J connectivity index is 0.00000147. The van der Waals surface area contributed by atoms with Gasteiger partial charge in [0.2, 0.25) is 5.78 Å². The predicted molar refractivity (Wildman–Crippen MR) is 69.3 cm³/mol.